The van der Waals surface area contributed by atoms with Gasteiger partial charge in [-0.15, -0.1) is 0 Å². The largest absolute Gasteiger partial charge is 0.369 e. The smallest absolute Gasteiger partial charge is 0.220 e. The van der Waals surface area contributed by atoms with E-state index >= 15 is 0 Å². The number of primary amides is 1. The third-order valence-corrected chi connectivity index (χ3v) is 5.35. The molecule has 0 spiro atoms. The summed E-state index contributed by atoms with van der Waals surface area (Å²) in [6, 6.07) is 8.52. The first-order chi connectivity index (χ1) is 13.1. The van der Waals surface area contributed by atoms with Crippen LogP contribution < -0.4 is 16.4 Å². The number of likely N-dealkylation sites (tertiary alicyclic amines) is 1. The summed E-state index contributed by atoms with van der Waals surface area (Å²) in [5, 5.41) is 6.80. The van der Waals surface area contributed by atoms with Gasteiger partial charge in [0.15, 0.2) is 5.96 Å². The second-order valence-electron chi connectivity index (χ2n) is 7.20. The van der Waals surface area contributed by atoms with Crippen LogP contribution in [0.1, 0.15) is 43.7 Å². The van der Waals surface area contributed by atoms with Crippen LogP contribution >= 0.6 is 0 Å². The summed E-state index contributed by atoms with van der Waals surface area (Å²) in [6.45, 7) is 6.94. The van der Waals surface area contributed by atoms with Gasteiger partial charge in [0.25, 0.3) is 0 Å². The van der Waals surface area contributed by atoms with Gasteiger partial charge in [-0.1, -0.05) is 31.2 Å². The summed E-state index contributed by atoms with van der Waals surface area (Å²) < 4.78 is 0. The molecule has 27 heavy (non-hydrogen) atoms. The number of aliphatic imine (C=N–C) groups is 1. The Balaban J connectivity index is 1.59. The van der Waals surface area contributed by atoms with E-state index in [1.165, 1.54) is 11.1 Å². The molecule has 0 aliphatic carbocycles. The Bertz CT molecular complexity index is 608. The summed E-state index contributed by atoms with van der Waals surface area (Å²) in [4.78, 5) is 18.0. The fourth-order valence-corrected chi connectivity index (χ4v) is 3.58. The minimum atomic E-state index is -0.140. The number of nitrogens with zero attached hydrogens (tertiary/aromatic N) is 2. The summed E-state index contributed by atoms with van der Waals surface area (Å²) in [5.74, 6) is 0.789. The van der Waals surface area contributed by atoms with E-state index < -0.39 is 0 Å². The van der Waals surface area contributed by atoms with Crippen molar-refractivity contribution >= 4 is 11.9 Å². The number of piperidine rings is 1. The zero-order valence-electron chi connectivity index (χ0n) is 16.8. The molecule has 0 saturated carbocycles. The van der Waals surface area contributed by atoms with E-state index in [0.29, 0.717) is 0 Å². The lowest BCUT2D eigenvalue weighted by Crippen LogP contribution is -2.39. The summed E-state index contributed by atoms with van der Waals surface area (Å²) in [7, 11) is 1.81. The molecule has 0 atom stereocenters. The Morgan fingerprint density at radius 3 is 2.52 bits per heavy atom. The van der Waals surface area contributed by atoms with Gasteiger partial charge in [0.1, 0.15) is 0 Å². The van der Waals surface area contributed by atoms with E-state index in [2.05, 4.69) is 51.7 Å². The molecular weight excluding hydrogens is 338 g/mol. The number of unbranched alkanes of at least 4 members (excludes halogenated alkanes) is 1. The fourth-order valence-electron chi connectivity index (χ4n) is 3.58. The number of carbonyl (C=O) groups is 1. The first kappa shape index (κ1) is 21.2. The Hall–Kier alpha value is -2.08. The summed E-state index contributed by atoms with van der Waals surface area (Å²) >= 11 is 0. The molecule has 0 aromatic heterocycles. The first-order valence-corrected chi connectivity index (χ1v) is 10.2. The molecule has 1 aromatic rings. The Morgan fingerprint density at radius 1 is 1.19 bits per heavy atom. The molecule has 6 nitrogen and oxygen atoms in total. The predicted molar refractivity (Wildman–Crippen MR) is 112 cm³/mol. The van der Waals surface area contributed by atoms with Crippen LogP contribution in [0.2, 0.25) is 0 Å². The molecule has 2 rings (SSSR count). The molecule has 1 fully saturated rings. The van der Waals surface area contributed by atoms with Gasteiger partial charge >= 0.3 is 0 Å². The van der Waals surface area contributed by atoms with Crippen LogP contribution in [0.5, 0.6) is 0 Å². The Labute approximate surface area is 163 Å². The standard InChI is InChI=1S/C21H35N5O/c1-3-17-8-4-5-9-19(17)16-25-21(23-2)24-12-6-7-13-26-14-10-18(11-15-26)20(22)27/h4-5,8-9,18H,3,6-7,10-16H2,1-2H3,(H2,22,27)(H2,23,24,25). The van der Waals surface area contributed by atoms with E-state index in [1.807, 2.05) is 7.05 Å². The number of nitrogens with one attached hydrogen (secondary N) is 2. The molecule has 1 aromatic carbocycles. The molecule has 4 N–H and O–H groups in total. The minimum absolute atomic E-state index is 0.0788. The summed E-state index contributed by atoms with van der Waals surface area (Å²) in [6.07, 6.45) is 5.10. The monoisotopic (exact) mass is 373 g/mol. The summed E-state index contributed by atoms with van der Waals surface area (Å²) in [5.41, 5.74) is 8.09. The molecule has 6 heteroatoms. The molecule has 0 bridgehead atoms. The zero-order valence-corrected chi connectivity index (χ0v) is 16.8. The predicted octanol–water partition coefficient (Wildman–Crippen LogP) is 1.89. The number of hydrogen-bond acceptors (Lipinski definition) is 3. The molecule has 0 unspecified atom stereocenters. The van der Waals surface area contributed by atoms with Crippen LogP contribution in [-0.4, -0.2) is 50.0 Å². The van der Waals surface area contributed by atoms with Crippen molar-refractivity contribution in [2.75, 3.05) is 33.2 Å². The molecular formula is C21H35N5O. The van der Waals surface area contributed by atoms with Crippen molar-refractivity contribution in [2.24, 2.45) is 16.6 Å². The van der Waals surface area contributed by atoms with Crippen molar-refractivity contribution in [3.63, 3.8) is 0 Å². The van der Waals surface area contributed by atoms with Crippen LogP contribution in [-0.2, 0) is 17.8 Å². The van der Waals surface area contributed by atoms with Crippen LogP contribution in [0, 0.1) is 5.92 Å². The highest BCUT2D eigenvalue weighted by Crippen LogP contribution is 2.16. The second-order valence-corrected chi connectivity index (χ2v) is 7.20. The van der Waals surface area contributed by atoms with E-state index in [-0.39, 0.29) is 11.8 Å². The average Bonchev–Trinajstić information content (AvgIpc) is 2.70. The number of nitrogens with two attached hydrogens (primary N) is 1. The number of amides is 1. The van der Waals surface area contributed by atoms with Gasteiger partial charge in [-0.25, -0.2) is 0 Å². The zero-order chi connectivity index (χ0) is 19.5. The molecule has 1 saturated heterocycles. The van der Waals surface area contributed by atoms with Gasteiger partial charge in [0.2, 0.25) is 5.91 Å². The molecule has 1 heterocycles. The van der Waals surface area contributed by atoms with Crippen molar-refractivity contribution in [1.29, 1.82) is 0 Å². The third kappa shape index (κ3) is 7.21. The lowest BCUT2D eigenvalue weighted by Gasteiger charge is -2.30. The quantitative estimate of drug-likeness (QED) is 0.351. The average molecular weight is 374 g/mol. The van der Waals surface area contributed by atoms with Gasteiger partial charge in [0.05, 0.1) is 0 Å². The van der Waals surface area contributed by atoms with Gasteiger partial charge < -0.3 is 21.3 Å². The molecule has 1 aliphatic heterocycles. The Kier molecular flexibility index (Phi) is 9.11. The number of hydrogen-bond donors (Lipinski definition) is 3. The van der Waals surface area contributed by atoms with E-state index in [9.17, 15) is 4.79 Å². The maximum atomic E-state index is 11.2. The van der Waals surface area contributed by atoms with Crippen molar-refractivity contribution in [3.8, 4) is 0 Å². The van der Waals surface area contributed by atoms with Gasteiger partial charge in [-0.3, -0.25) is 9.79 Å². The molecule has 1 amide bonds. The van der Waals surface area contributed by atoms with Crippen molar-refractivity contribution < 1.29 is 4.79 Å². The second kappa shape index (κ2) is 11.6. The van der Waals surface area contributed by atoms with E-state index in [1.54, 1.807) is 0 Å². The Morgan fingerprint density at radius 2 is 1.89 bits per heavy atom. The van der Waals surface area contributed by atoms with Gasteiger partial charge in [-0.2, -0.15) is 0 Å². The number of guanidine groups is 1. The third-order valence-electron chi connectivity index (χ3n) is 5.35. The van der Waals surface area contributed by atoms with Gasteiger partial charge in [-0.05, 0) is 62.9 Å². The van der Waals surface area contributed by atoms with Crippen LogP contribution in [0.4, 0.5) is 0 Å². The van der Waals surface area contributed by atoms with Crippen molar-refractivity contribution in [3.05, 3.63) is 35.4 Å². The highest BCUT2D eigenvalue weighted by atomic mass is 16.1. The van der Waals surface area contributed by atoms with Crippen molar-refractivity contribution in [1.82, 2.24) is 15.5 Å². The maximum Gasteiger partial charge on any atom is 0.220 e. The first-order valence-electron chi connectivity index (χ1n) is 10.2. The number of carbonyl (C=O) groups excluding carboxylic acids is 1. The molecule has 1 aliphatic rings. The highest BCUT2D eigenvalue weighted by Gasteiger charge is 2.22. The van der Waals surface area contributed by atoms with Crippen LogP contribution in [0.3, 0.4) is 0 Å². The fraction of sp³-hybridized carbons (Fsp3) is 0.619. The SMILES string of the molecule is CCc1ccccc1CNC(=NC)NCCCCN1CCC(C(N)=O)CC1. The highest BCUT2D eigenvalue weighted by molar-refractivity contribution is 5.79. The lowest BCUT2D eigenvalue weighted by molar-refractivity contribution is -0.123. The number of aryl methyl sites for hydroxylation is 1. The normalized spacial score (nSPS) is 16.3. The van der Waals surface area contributed by atoms with E-state index in [0.717, 1.165) is 70.8 Å². The van der Waals surface area contributed by atoms with Crippen molar-refractivity contribution in [2.45, 2.75) is 45.6 Å². The number of rotatable bonds is 9. The lowest BCUT2D eigenvalue weighted by atomic mass is 9.96. The van der Waals surface area contributed by atoms with Crippen LogP contribution in [0.15, 0.2) is 29.3 Å². The molecule has 150 valence electrons. The maximum absolute atomic E-state index is 11.2. The number of benzene rings is 1. The van der Waals surface area contributed by atoms with Crippen LogP contribution in [0.25, 0.3) is 0 Å². The van der Waals surface area contributed by atoms with Gasteiger partial charge in [0, 0.05) is 26.1 Å². The van der Waals surface area contributed by atoms with E-state index in [4.69, 9.17) is 5.73 Å². The topological polar surface area (TPSA) is 82.8 Å². The minimum Gasteiger partial charge on any atom is -0.369 e. The molecule has 0 radical (unpaired) electrons.